The van der Waals surface area contributed by atoms with E-state index in [9.17, 15) is 5.11 Å². The van der Waals surface area contributed by atoms with Crippen LogP contribution in [0.25, 0.3) is 11.3 Å². The third kappa shape index (κ3) is 4.21. The Hall–Kier alpha value is -2.86. The molecule has 1 aromatic heterocycles. The van der Waals surface area contributed by atoms with E-state index in [-0.39, 0.29) is 5.75 Å². The number of aromatic nitrogens is 2. The van der Waals surface area contributed by atoms with Crippen molar-refractivity contribution in [3.05, 3.63) is 71.6 Å². The summed E-state index contributed by atoms with van der Waals surface area (Å²) in [4.78, 5) is 8.30. The van der Waals surface area contributed by atoms with Crippen molar-refractivity contribution in [2.24, 2.45) is 0 Å². The molecule has 132 valence electrons. The Bertz CT molecular complexity index is 944. The first-order chi connectivity index (χ1) is 12.5. The normalized spacial score (nSPS) is 10.4. The number of nitrogens with zero attached hydrogens (tertiary/aromatic N) is 2. The Morgan fingerprint density at radius 2 is 2.00 bits per heavy atom. The molecule has 0 bridgehead atoms. The summed E-state index contributed by atoms with van der Waals surface area (Å²) >= 11 is 3.45. The molecule has 5 nitrogen and oxygen atoms in total. The van der Waals surface area contributed by atoms with Gasteiger partial charge in [-0.15, -0.1) is 0 Å². The minimum atomic E-state index is 0.0416. The molecule has 0 fully saturated rings. The van der Waals surface area contributed by atoms with Gasteiger partial charge in [0.2, 0.25) is 0 Å². The van der Waals surface area contributed by atoms with Crippen molar-refractivity contribution in [1.82, 2.24) is 9.97 Å². The molecule has 3 rings (SSSR count). The van der Waals surface area contributed by atoms with Gasteiger partial charge in [0.25, 0.3) is 0 Å². The molecule has 0 aliphatic carbocycles. The average molecular weight is 413 g/mol. The third-order valence-corrected chi connectivity index (χ3v) is 4.10. The smallest absolute Gasteiger partial charge is 0.172 e. The Morgan fingerprint density at radius 3 is 2.73 bits per heavy atom. The van der Waals surface area contributed by atoms with Gasteiger partial charge in [0.15, 0.2) is 5.75 Å². The van der Waals surface area contributed by atoms with E-state index < -0.39 is 0 Å². The van der Waals surface area contributed by atoms with Crippen LogP contribution in [-0.4, -0.2) is 21.7 Å². The highest BCUT2D eigenvalue weighted by molar-refractivity contribution is 9.10. The summed E-state index contributed by atoms with van der Waals surface area (Å²) in [7, 11) is 0. The predicted molar refractivity (Wildman–Crippen MR) is 104 cm³/mol. The quantitative estimate of drug-likeness (QED) is 0.552. The van der Waals surface area contributed by atoms with Crippen LogP contribution in [-0.2, 0) is 0 Å². The highest BCUT2D eigenvalue weighted by Gasteiger charge is 2.15. The van der Waals surface area contributed by atoms with Gasteiger partial charge in [0.05, 0.1) is 10.7 Å². The summed E-state index contributed by atoms with van der Waals surface area (Å²) in [6.07, 6.45) is 2.97. The lowest BCUT2D eigenvalue weighted by atomic mass is 10.1. The van der Waals surface area contributed by atoms with Crippen molar-refractivity contribution in [2.45, 2.75) is 6.92 Å². The van der Waals surface area contributed by atoms with Crippen LogP contribution in [0.15, 0.2) is 71.6 Å². The van der Waals surface area contributed by atoms with Gasteiger partial charge in [-0.2, -0.15) is 0 Å². The Labute approximate surface area is 160 Å². The molecule has 2 aromatic carbocycles. The second-order valence-electron chi connectivity index (χ2n) is 5.69. The Balaban J connectivity index is 1.92. The molecule has 0 unspecified atom stereocenters. The van der Waals surface area contributed by atoms with Crippen molar-refractivity contribution in [1.29, 1.82) is 0 Å². The van der Waals surface area contributed by atoms with E-state index in [1.807, 2.05) is 31.2 Å². The van der Waals surface area contributed by atoms with Crippen LogP contribution in [0.1, 0.15) is 6.92 Å². The summed E-state index contributed by atoms with van der Waals surface area (Å²) in [5.74, 6) is 1.66. The van der Waals surface area contributed by atoms with Gasteiger partial charge in [0, 0.05) is 11.6 Å². The zero-order valence-corrected chi connectivity index (χ0v) is 15.7. The van der Waals surface area contributed by atoms with Crippen LogP contribution in [0.5, 0.6) is 23.0 Å². The first kappa shape index (κ1) is 17.9. The summed E-state index contributed by atoms with van der Waals surface area (Å²) in [5, 5.41) is 10.4. The maximum atomic E-state index is 10.4. The van der Waals surface area contributed by atoms with E-state index in [0.29, 0.717) is 35.1 Å². The third-order valence-electron chi connectivity index (χ3n) is 3.44. The number of phenols is 1. The van der Waals surface area contributed by atoms with E-state index in [1.54, 1.807) is 24.4 Å². The van der Waals surface area contributed by atoms with E-state index in [2.05, 4.69) is 32.5 Å². The highest BCUT2D eigenvalue weighted by atomic mass is 79.9. The van der Waals surface area contributed by atoms with Gasteiger partial charge in [-0.25, -0.2) is 9.97 Å². The largest absolute Gasteiger partial charge is 0.507 e. The maximum Gasteiger partial charge on any atom is 0.172 e. The molecular formula is C20H17BrN2O3. The van der Waals surface area contributed by atoms with Crippen molar-refractivity contribution >= 4 is 15.9 Å². The summed E-state index contributed by atoms with van der Waals surface area (Å²) in [6, 6.07) is 12.5. The lowest BCUT2D eigenvalue weighted by Crippen LogP contribution is -1.98. The SMILES string of the molecule is C=C(C)COc1ccc(-c2ncncc2Oc2ccccc2Br)c(O)c1. The topological polar surface area (TPSA) is 64.5 Å². The summed E-state index contributed by atoms with van der Waals surface area (Å²) in [5.41, 5.74) is 1.91. The minimum Gasteiger partial charge on any atom is -0.507 e. The number of para-hydroxylation sites is 1. The van der Waals surface area contributed by atoms with E-state index in [1.165, 1.54) is 6.33 Å². The van der Waals surface area contributed by atoms with Crippen molar-refractivity contribution < 1.29 is 14.6 Å². The molecule has 0 saturated heterocycles. The zero-order valence-electron chi connectivity index (χ0n) is 14.1. The molecule has 1 N–H and O–H groups in total. The maximum absolute atomic E-state index is 10.4. The number of rotatable bonds is 6. The fourth-order valence-electron chi connectivity index (χ4n) is 2.25. The first-order valence-corrected chi connectivity index (χ1v) is 8.67. The van der Waals surface area contributed by atoms with Gasteiger partial charge in [-0.1, -0.05) is 18.7 Å². The van der Waals surface area contributed by atoms with Gasteiger partial charge in [0.1, 0.15) is 35.9 Å². The Morgan fingerprint density at radius 1 is 1.19 bits per heavy atom. The number of aromatic hydroxyl groups is 1. The van der Waals surface area contributed by atoms with E-state index in [0.717, 1.165) is 10.0 Å². The standard InChI is InChI=1S/C20H17BrN2O3/c1-13(2)11-25-14-7-8-15(17(24)9-14)20-19(10-22-12-23-20)26-18-6-4-3-5-16(18)21/h3-10,12,24H,1,11H2,2H3. The number of ether oxygens (including phenoxy) is 2. The average Bonchev–Trinajstić information content (AvgIpc) is 2.63. The van der Waals surface area contributed by atoms with Crippen molar-refractivity contribution in [3.63, 3.8) is 0 Å². The molecular weight excluding hydrogens is 396 g/mol. The number of benzene rings is 2. The predicted octanol–water partition coefficient (Wildman–Crippen LogP) is 5.36. The first-order valence-electron chi connectivity index (χ1n) is 7.87. The van der Waals surface area contributed by atoms with Crippen LogP contribution in [0.3, 0.4) is 0 Å². The summed E-state index contributed by atoms with van der Waals surface area (Å²) < 4.78 is 12.3. The molecule has 6 heteroatoms. The van der Waals surface area contributed by atoms with Crippen LogP contribution >= 0.6 is 15.9 Å². The molecule has 26 heavy (non-hydrogen) atoms. The number of hydrogen-bond donors (Lipinski definition) is 1. The number of hydrogen-bond acceptors (Lipinski definition) is 5. The zero-order chi connectivity index (χ0) is 18.5. The molecule has 0 atom stereocenters. The second kappa shape index (κ2) is 8.01. The van der Waals surface area contributed by atoms with Crippen LogP contribution in [0.2, 0.25) is 0 Å². The number of phenolic OH excluding ortho intramolecular Hbond substituents is 1. The molecule has 0 radical (unpaired) electrons. The van der Waals surface area contributed by atoms with Crippen LogP contribution in [0.4, 0.5) is 0 Å². The molecule has 0 amide bonds. The van der Waals surface area contributed by atoms with Gasteiger partial charge >= 0.3 is 0 Å². The molecule has 0 aliphatic heterocycles. The van der Waals surface area contributed by atoms with Gasteiger partial charge in [-0.3, -0.25) is 0 Å². The van der Waals surface area contributed by atoms with Crippen molar-refractivity contribution in [2.75, 3.05) is 6.61 Å². The van der Waals surface area contributed by atoms with E-state index >= 15 is 0 Å². The molecule has 3 aromatic rings. The highest BCUT2D eigenvalue weighted by Crippen LogP contribution is 2.38. The summed E-state index contributed by atoms with van der Waals surface area (Å²) in [6.45, 7) is 6.06. The molecule has 1 heterocycles. The monoisotopic (exact) mass is 412 g/mol. The Kier molecular flexibility index (Phi) is 5.53. The fraction of sp³-hybridized carbons (Fsp3) is 0.100. The van der Waals surface area contributed by atoms with Gasteiger partial charge < -0.3 is 14.6 Å². The molecule has 0 saturated carbocycles. The lowest BCUT2D eigenvalue weighted by Gasteiger charge is -2.13. The van der Waals surface area contributed by atoms with E-state index in [4.69, 9.17) is 9.47 Å². The second-order valence-corrected chi connectivity index (χ2v) is 6.55. The molecule has 0 aliphatic rings. The van der Waals surface area contributed by atoms with Gasteiger partial charge in [-0.05, 0) is 52.7 Å². The lowest BCUT2D eigenvalue weighted by molar-refractivity contribution is 0.350. The van der Waals surface area contributed by atoms with Crippen molar-refractivity contribution in [3.8, 4) is 34.3 Å². The minimum absolute atomic E-state index is 0.0416. The van der Waals surface area contributed by atoms with Crippen LogP contribution < -0.4 is 9.47 Å². The van der Waals surface area contributed by atoms with Crippen LogP contribution in [0, 0.1) is 0 Å². The fourth-order valence-corrected chi connectivity index (χ4v) is 2.61. The number of halogens is 1. The molecule has 0 spiro atoms.